The maximum absolute atomic E-state index is 13.5. The van der Waals surface area contributed by atoms with E-state index in [4.69, 9.17) is 4.74 Å². The number of sulfonamides is 1. The van der Waals surface area contributed by atoms with Crippen LogP contribution in [0.1, 0.15) is 38.2 Å². The van der Waals surface area contributed by atoms with Crippen molar-refractivity contribution in [1.29, 1.82) is 0 Å². The highest BCUT2D eigenvalue weighted by Crippen LogP contribution is 2.28. The second-order valence-electron chi connectivity index (χ2n) is 7.95. The van der Waals surface area contributed by atoms with E-state index in [-0.39, 0.29) is 17.6 Å². The Morgan fingerprint density at radius 3 is 2.29 bits per heavy atom. The zero-order valence-electron chi connectivity index (χ0n) is 18.4. The number of benzene rings is 2. The van der Waals surface area contributed by atoms with Gasteiger partial charge in [0.05, 0.1) is 19.4 Å². The maximum atomic E-state index is 13.5. The molecule has 6 nitrogen and oxygen atoms in total. The third-order valence-corrected chi connectivity index (χ3v) is 7.74. The first-order valence-electron chi connectivity index (χ1n) is 10.9. The Bertz CT molecular complexity index is 937. The molecule has 2 aromatic rings. The van der Waals surface area contributed by atoms with Crippen LogP contribution in [0.5, 0.6) is 5.75 Å². The molecule has 0 aliphatic carbocycles. The van der Waals surface area contributed by atoms with Crippen LogP contribution in [0.15, 0.2) is 54.6 Å². The number of hydrogen-bond donors (Lipinski definition) is 0. The van der Waals surface area contributed by atoms with Gasteiger partial charge in [0.2, 0.25) is 15.9 Å². The molecule has 1 saturated heterocycles. The molecule has 0 saturated carbocycles. The lowest BCUT2D eigenvalue weighted by Crippen LogP contribution is -2.45. The van der Waals surface area contributed by atoms with Crippen molar-refractivity contribution in [1.82, 2.24) is 4.31 Å². The molecule has 3 rings (SSSR count). The van der Waals surface area contributed by atoms with E-state index in [0.717, 1.165) is 23.4 Å². The maximum Gasteiger partial charge on any atom is 0.230 e. The van der Waals surface area contributed by atoms with Crippen LogP contribution < -0.4 is 9.64 Å². The molecule has 0 radical (unpaired) electrons. The first-order valence-corrected chi connectivity index (χ1v) is 12.5. The fraction of sp³-hybridized carbons (Fsp3) is 0.458. The van der Waals surface area contributed by atoms with Crippen LogP contribution in [0, 0.1) is 5.92 Å². The minimum Gasteiger partial charge on any atom is -0.497 e. The molecule has 31 heavy (non-hydrogen) atoms. The highest BCUT2D eigenvalue weighted by molar-refractivity contribution is 7.89. The van der Waals surface area contributed by atoms with Crippen LogP contribution >= 0.6 is 0 Å². The summed E-state index contributed by atoms with van der Waals surface area (Å²) in [7, 11) is -1.61. The van der Waals surface area contributed by atoms with Crippen molar-refractivity contribution in [3.63, 3.8) is 0 Å². The summed E-state index contributed by atoms with van der Waals surface area (Å²) in [6.45, 7) is 3.27. The van der Waals surface area contributed by atoms with Gasteiger partial charge in [0.15, 0.2) is 0 Å². The highest BCUT2D eigenvalue weighted by Gasteiger charge is 2.33. The van der Waals surface area contributed by atoms with Gasteiger partial charge in [-0.15, -0.1) is 0 Å². The number of rotatable bonds is 9. The van der Waals surface area contributed by atoms with Gasteiger partial charge in [-0.3, -0.25) is 4.79 Å². The number of piperidine rings is 1. The topological polar surface area (TPSA) is 66.9 Å². The smallest absolute Gasteiger partial charge is 0.230 e. The minimum atomic E-state index is -3.23. The number of amides is 1. The Morgan fingerprint density at radius 1 is 1.06 bits per heavy atom. The molecule has 0 aromatic heterocycles. The molecule has 1 amide bonds. The summed E-state index contributed by atoms with van der Waals surface area (Å²) >= 11 is 0. The van der Waals surface area contributed by atoms with E-state index < -0.39 is 10.0 Å². The quantitative estimate of drug-likeness (QED) is 0.585. The zero-order valence-corrected chi connectivity index (χ0v) is 19.2. The van der Waals surface area contributed by atoms with Crippen LogP contribution in [0.2, 0.25) is 0 Å². The van der Waals surface area contributed by atoms with Crippen molar-refractivity contribution in [3.8, 4) is 5.75 Å². The van der Waals surface area contributed by atoms with E-state index in [1.54, 1.807) is 16.3 Å². The predicted molar refractivity (Wildman–Crippen MR) is 124 cm³/mol. The fourth-order valence-corrected chi connectivity index (χ4v) is 5.56. The number of carbonyl (C=O) groups is 1. The normalized spacial score (nSPS) is 15.5. The molecular weight excluding hydrogens is 412 g/mol. The van der Waals surface area contributed by atoms with Gasteiger partial charge < -0.3 is 9.64 Å². The molecule has 168 valence electrons. The SMILES string of the molecule is CCCCS(=O)(=O)N1CCC(C(=O)N(Cc2ccccc2)c2ccc(OC)cc2)CC1. The van der Waals surface area contributed by atoms with E-state index >= 15 is 0 Å². The van der Waals surface area contributed by atoms with Crippen LogP contribution in [-0.4, -0.2) is 44.6 Å². The number of ether oxygens (including phenoxy) is 1. The van der Waals surface area contributed by atoms with E-state index in [2.05, 4.69) is 0 Å². The molecular formula is C24H32N2O4S. The third-order valence-electron chi connectivity index (χ3n) is 5.79. The Labute approximate surface area is 185 Å². The molecule has 1 heterocycles. The van der Waals surface area contributed by atoms with Crippen molar-refractivity contribution < 1.29 is 17.9 Å². The van der Waals surface area contributed by atoms with Crippen molar-refractivity contribution in [2.24, 2.45) is 5.92 Å². The molecule has 1 fully saturated rings. The Balaban J connectivity index is 1.74. The van der Waals surface area contributed by atoms with E-state index in [9.17, 15) is 13.2 Å². The fourth-order valence-electron chi connectivity index (χ4n) is 3.88. The highest BCUT2D eigenvalue weighted by atomic mass is 32.2. The lowest BCUT2D eigenvalue weighted by atomic mass is 9.96. The predicted octanol–water partition coefficient (Wildman–Crippen LogP) is 4.07. The van der Waals surface area contributed by atoms with Crippen molar-refractivity contribution in [3.05, 3.63) is 60.2 Å². The number of anilines is 1. The van der Waals surface area contributed by atoms with Gasteiger partial charge in [0, 0.05) is 24.7 Å². The zero-order chi connectivity index (χ0) is 22.3. The van der Waals surface area contributed by atoms with Crippen molar-refractivity contribution in [2.45, 2.75) is 39.2 Å². The Morgan fingerprint density at radius 2 is 1.71 bits per heavy atom. The first kappa shape index (κ1) is 23.3. The molecule has 1 aliphatic rings. The van der Waals surface area contributed by atoms with Gasteiger partial charge in [-0.05, 0) is 49.1 Å². The summed E-state index contributed by atoms with van der Waals surface area (Å²) in [5, 5.41) is 0. The molecule has 7 heteroatoms. The van der Waals surface area contributed by atoms with Gasteiger partial charge >= 0.3 is 0 Å². The Hall–Kier alpha value is -2.38. The lowest BCUT2D eigenvalue weighted by Gasteiger charge is -2.34. The van der Waals surface area contributed by atoms with Crippen molar-refractivity contribution >= 4 is 21.6 Å². The average Bonchev–Trinajstić information content (AvgIpc) is 2.82. The summed E-state index contributed by atoms with van der Waals surface area (Å²) < 4.78 is 31.8. The summed E-state index contributed by atoms with van der Waals surface area (Å²) in [5.74, 6) is 0.776. The van der Waals surface area contributed by atoms with Gasteiger partial charge in [-0.1, -0.05) is 43.7 Å². The molecule has 0 atom stereocenters. The second-order valence-corrected chi connectivity index (χ2v) is 10.0. The number of unbranched alkanes of at least 4 members (excludes halogenated alkanes) is 1. The monoisotopic (exact) mass is 444 g/mol. The van der Waals surface area contributed by atoms with E-state index in [1.807, 2.05) is 61.5 Å². The summed E-state index contributed by atoms with van der Waals surface area (Å²) in [6.07, 6.45) is 2.62. The second kappa shape index (κ2) is 10.8. The third kappa shape index (κ3) is 6.08. The number of carbonyl (C=O) groups excluding carboxylic acids is 1. The van der Waals surface area contributed by atoms with Crippen LogP contribution in [-0.2, 0) is 21.4 Å². The van der Waals surface area contributed by atoms with Gasteiger partial charge in [0.25, 0.3) is 0 Å². The van der Waals surface area contributed by atoms with Crippen molar-refractivity contribution in [2.75, 3.05) is 30.9 Å². The van der Waals surface area contributed by atoms with E-state index in [0.29, 0.717) is 38.9 Å². The molecule has 0 bridgehead atoms. The minimum absolute atomic E-state index is 0.0413. The molecule has 0 unspecified atom stereocenters. The molecule has 1 aliphatic heterocycles. The lowest BCUT2D eigenvalue weighted by molar-refractivity contribution is -0.123. The standard InChI is InChI=1S/C24H32N2O4S/c1-3-4-18-31(28,29)25-16-14-21(15-17-25)24(27)26(19-20-8-6-5-7-9-20)22-10-12-23(30-2)13-11-22/h5-13,21H,3-4,14-19H2,1-2H3. The van der Waals surface area contributed by atoms with Gasteiger partial charge in [-0.2, -0.15) is 0 Å². The summed E-state index contributed by atoms with van der Waals surface area (Å²) in [6, 6.07) is 17.4. The number of hydrogen-bond acceptors (Lipinski definition) is 4. The van der Waals surface area contributed by atoms with Crippen LogP contribution in [0.3, 0.4) is 0 Å². The van der Waals surface area contributed by atoms with Gasteiger partial charge in [-0.25, -0.2) is 12.7 Å². The summed E-state index contributed by atoms with van der Waals surface area (Å²) in [4.78, 5) is 15.3. The summed E-state index contributed by atoms with van der Waals surface area (Å²) in [5.41, 5.74) is 1.86. The van der Waals surface area contributed by atoms with Gasteiger partial charge in [0.1, 0.15) is 5.75 Å². The number of methoxy groups -OCH3 is 1. The largest absolute Gasteiger partial charge is 0.497 e. The first-order chi connectivity index (χ1) is 14.9. The molecule has 0 spiro atoms. The van der Waals surface area contributed by atoms with E-state index in [1.165, 1.54) is 0 Å². The average molecular weight is 445 g/mol. The molecule has 0 N–H and O–H groups in total. The van der Waals surface area contributed by atoms with Crippen LogP contribution in [0.25, 0.3) is 0 Å². The Kier molecular flexibility index (Phi) is 8.09. The number of nitrogens with zero attached hydrogens (tertiary/aromatic N) is 2. The molecule has 2 aromatic carbocycles. The van der Waals surface area contributed by atoms with Crippen LogP contribution in [0.4, 0.5) is 5.69 Å².